The van der Waals surface area contributed by atoms with Crippen LogP contribution in [0.2, 0.25) is 0 Å². The van der Waals surface area contributed by atoms with Crippen LogP contribution in [0.3, 0.4) is 0 Å². The Morgan fingerprint density at radius 2 is 1.76 bits per heavy atom. The fourth-order valence-electron chi connectivity index (χ4n) is 2.20. The number of rotatable bonds is 7. The van der Waals surface area contributed by atoms with Crippen molar-refractivity contribution in [3.05, 3.63) is 71.4 Å². The van der Waals surface area contributed by atoms with E-state index in [0.29, 0.717) is 12.1 Å². The first-order valence-electron chi connectivity index (χ1n) is 8.14. The molecule has 0 aliphatic rings. The zero-order valence-corrected chi connectivity index (χ0v) is 16.1. The molecule has 0 saturated heterocycles. The van der Waals surface area contributed by atoms with Gasteiger partial charge in [-0.2, -0.15) is 13.7 Å². The van der Waals surface area contributed by atoms with Crippen molar-refractivity contribution in [3.8, 4) is 6.07 Å². The number of nitriles is 1. The molecule has 29 heavy (non-hydrogen) atoms. The van der Waals surface area contributed by atoms with Crippen LogP contribution in [-0.4, -0.2) is 32.0 Å². The average Bonchev–Trinajstić information content (AvgIpc) is 2.70. The van der Waals surface area contributed by atoms with Gasteiger partial charge in [0.05, 0.1) is 17.6 Å². The molecule has 0 atom stereocenters. The minimum atomic E-state index is -4.33. The number of anilines is 1. The van der Waals surface area contributed by atoms with E-state index in [-0.39, 0.29) is 16.2 Å². The third-order valence-corrected chi connectivity index (χ3v) is 4.57. The van der Waals surface area contributed by atoms with Crippen LogP contribution in [0.15, 0.2) is 65.2 Å². The molecule has 0 heterocycles. The molecule has 2 aromatic rings. The summed E-state index contributed by atoms with van der Waals surface area (Å²) in [5.41, 5.74) is 1.27. The summed E-state index contributed by atoms with van der Waals surface area (Å²) in [4.78, 5) is 23.2. The van der Waals surface area contributed by atoms with E-state index in [2.05, 4.69) is 15.4 Å². The number of esters is 1. The van der Waals surface area contributed by atoms with E-state index in [0.717, 1.165) is 17.7 Å². The smallest absolute Gasteiger partial charge is 0.337 e. The highest BCUT2D eigenvalue weighted by Gasteiger charge is 2.12. The SMILES string of the molecule is COC(=O)c1ccc(CN/C=C(/C#N)C(=O)Nc2ccc(S(=O)(=O)O)cc2)cc1. The largest absolute Gasteiger partial charge is 0.465 e. The Morgan fingerprint density at radius 1 is 1.14 bits per heavy atom. The number of methoxy groups -OCH3 is 1. The Hall–Kier alpha value is -3.68. The zero-order valence-electron chi connectivity index (χ0n) is 15.2. The summed E-state index contributed by atoms with van der Waals surface area (Å²) in [7, 11) is -3.04. The molecule has 0 spiro atoms. The predicted molar refractivity (Wildman–Crippen MR) is 103 cm³/mol. The molecule has 10 heteroatoms. The van der Waals surface area contributed by atoms with Gasteiger partial charge in [0.25, 0.3) is 16.0 Å². The van der Waals surface area contributed by atoms with Crippen molar-refractivity contribution in [1.29, 1.82) is 5.26 Å². The lowest BCUT2D eigenvalue weighted by Gasteiger charge is -2.06. The van der Waals surface area contributed by atoms with Gasteiger partial charge in [0, 0.05) is 18.4 Å². The van der Waals surface area contributed by atoms with E-state index >= 15 is 0 Å². The molecule has 0 saturated carbocycles. The monoisotopic (exact) mass is 415 g/mol. The normalized spacial score (nSPS) is 11.3. The van der Waals surface area contributed by atoms with Crippen LogP contribution < -0.4 is 10.6 Å². The summed E-state index contributed by atoms with van der Waals surface area (Å²) in [6.45, 7) is 0.309. The first kappa shape index (κ1) is 21.6. The molecule has 3 N–H and O–H groups in total. The number of carbonyl (C=O) groups is 2. The predicted octanol–water partition coefficient (Wildman–Crippen LogP) is 1.86. The van der Waals surface area contributed by atoms with Gasteiger partial charge < -0.3 is 15.4 Å². The maximum atomic E-state index is 12.2. The fourth-order valence-corrected chi connectivity index (χ4v) is 2.68. The number of amides is 1. The van der Waals surface area contributed by atoms with Crippen molar-refractivity contribution >= 4 is 27.7 Å². The maximum Gasteiger partial charge on any atom is 0.337 e. The molecule has 0 aliphatic heterocycles. The van der Waals surface area contributed by atoms with Crippen molar-refractivity contribution in [2.24, 2.45) is 0 Å². The summed E-state index contributed by atoms with van der Waals surface area (Å²) in [6.07, 6.45) is 1.25. The maximum absolute atomic E-state index is 12.2. The molecule has 1 amide bonds. The second-order valence-electron chi connectivity index (χ2n) is 5.69. The lowest BCUT2D eigenvalue weighted by molar-refractivity contribution is -0.112. The molecule has 0 fully saturated rings. The minimum Gasteiger partial charge on any atom is -0.465 e. The number of hydrogen-bond acceptors (Lipinski definition) is 7. The second kappa shape index (κ2) is 9.50. The van der Waals surface area contributed by atoms with Gasteiger partial charge in [-0.05, 0) is 42.0 Å². The highest BCUT2D eigenvalue weighted by molar-refractivity contribution is 7.85. The van der Waals surface area contributed by atoms with E-state index in [1.54, 1.807) is 30.3 Å². The third kappa shape index (κ3) is 6.17. The summed E-state index contributed by atoms with van der Waals surface area (Å²) in [5, 5.41) is 14.5. The van der Waals surface area contributed by atoms with Crippen LogP contribution >= 0.6 is 0 Å². The standard InChI is InChI=1S/C19H17N3O6S/c1-28-19(24)14-4-2-13(3-5-14)11-21-12-15(10-20)18(23)22-16-6-8-17(9-7-16)29(25,26)27/h2-9,12,21H,11H2,1H3,(H,22,23)(H,25,26,27)/b15-12-. The minimum absolute atomic E-state index is 0.199. The molecular formula is C19H17N3O6S. The summed E-state index contributed by atoms with van der Waals surface area (Å²) < 4.78 is 35.6. The molecule has 2 aromatic carbocycles. The second-order valence-corrected chi connectivity index (χ2v) is 7.11. The number of carbonyl (C=O) groups excluding carboxylic acids is 2. The number of hydrogen-bond donors (Lipinski definition) is 3. The molecule has 0 aromatic heterocycles. The van der Waals surface area contributed by atoms with Gasteiger partial charge in [-0.15, -0.1) is 0 Å². The van der Waals surface area contributed by atoms with Crippen LogP contribution in [-0.2, 0) is 26.2 Å². The Kier molecular flexibility index (Phi) is 7.08. The summed E-state index contributed by atoms with van der Waals surface area (Å²) in [6, 6.07) is 13.2. The molecule has 150 valence electrons. The van der Waals surface area contributed by atoms with E-state index in [1.165, 1.54) is 25.4 Å². The molecule has 0 bridgehead atoms. The van der Waals surface area contributed by atoms with Gasteiger partial charge in [-0.3, -0.25) is 9.35 Å². The van der Waals surface area contributed by atoms with Crippen LogP contribution in [0.25, 0.3) is 0 Å². The third-order valence-electron chi connectivity index (χ3n) is 3.70. The topological polar surface area (TPSA) is 146 Å². The molecule has 9 nitrogen and oxygen atoms in total. The van der Waals surface area contributed by atoms with Gasteiger partial charge >= 0.3 is 5.97 Å². The van der Waals surface area contributed by atoms with Crippen molar-refractivity contribution < 1.29 is 27.3 Å². The molecule has 0 unspecified atom stereocenters. The van der Waals surface area contributed by atoms with Gasteiger partial charge in [0.2, 0.25) is 0 Å². The van der Waals surface area contributed by atoms with Crippen molar-refractivity contribution in [1.82, 2.24) is 5.32 Å². The molecular weight excluding hydrogens is 398 g/mol. The number of ether oxygens (including phenoxy) is 1. The van der Waals surface area contributed by atoms with Crippen molar-refractivity contribution in [2.45, 2.75) is 11.4 Å². The fraction of sp³-hybridized carbons (Fsp3) is 0.105. The van der Waals surface area contributed by atoms with Crippen LogP contribution in [0.5, 0.6) is 0 Å². The highest BCUT2D eigenvalue weighted by Crippen LogP contribution is 2.14. The number of benzene rings is 2. The van der Waals surface area contributed by atoms with Crippen LogP contribution in [0.4, 0.5) is 5.69 Å². The lowest BCUT2D eigenvalue weighted by Crippen LogP contribution is -2.16. The molecule has 0 aliphatic carbocycles. The Morgan fingerprint density at radius 3 is 2.28 bits per heavy atom. The average molecular weight is 415 g/mol. The summed E-state index contributed by atoms with van der Waals surface area (Å²) in [5.74, 6) is -1.14. The number of nitrogens with zero attached hydrogens (tertiary/aromatic N) is 1. The van der Waals surface area contributed by atoms with Gasteiger partial charge in [0.1, 0.15) is 11.6 Å². The zero-order chi connectivity index (χ0) is 21.4. The Bertz CT molecular complexity index is 1070. The number of nitrogens with one attached hydrogen (secondary N) is 2. The first-order valence-corrected chi connectivity index (χ1v) is 9.58. The Balaban J connectivity index is 1.97. The molecule has 2 rings (SSSR count). The Labute approximate surface area is 167 Å². The van der Waals surface area contributed by atoms with E-state index in [1.807, 2.05) is 0 Å². The highest BCUT2D eigenvalue weighted by atomic mass is 32.2. The van der Waals surface area contributed by atoms with Gasteiger partial charge in [-0.25, -0.2) is 4.79 Å². The molecule has 0 radical (unpaired) electrons. The van der Waals surface area contributed by atoms with E-state index < -0.39 is 22.0 Å². The van der Waals surface area contributed by atoms with E-state index in [9.17, 15) is 18.0 Å². The van der Waals surface area contributed by atoms with Gasteiger partial charge in [-0.1, -0.05) is 12.1 Å². The lowest BCUT2D eigenvalue weighted by atomic mass is 10.1. The first-order chi connectivity index (χ1) is 13.7. The van der Waals surface area contributed by atoms with Crippen molar-refractivity contribution in [3.63, 3.8) is 0 Å². The quantitative estimate of drug-likeness (QED) is 0.269. The van der Waals surface area contributed by atoms with Crippen molar-refractivity contribution in [2.75, 3.05) is 12.4 Å². The summed E-state index contributed by atoms with van der Waals surface area (Å²) >= 11 is 0. The van der Waals surface area contributed by atoms with Crippen LogP contribution in [0, 0.1) is 11.3 Å². The van der Waals surface area contributed by atoms with Gasteiger partial charge in [0.15, 0.2) is 0 Å². The van der Waals surface area contributed by atoms with Crippen LogP contribution in [0.1, 0.15) is 15.9 Å². The van der Waals surface area contributed by atoms with E-state index in [4.69, 9.17) is 9.81 Å².